The highest BCUT2D eigenvalue weighted by atomic mass is 16.7. The van der Waals surface area contributed by atoms with E-state index < -0.39 is 42.5 Å². The summed E-state index contributed by atoms with van der Waals surface area (Å²) in [5.74, 6) is -1.78. The molecule has 1 amide bonds. The predicted molar refractivity (Wildman–Crippen MR) is 118 cm³/mol. The van der Waals surface area contributed by atoms with Crippen molar-refractivity contribution in [1.29, 1.82) is 0 Å². The summed E-state index contributed by atoms with van der Waals surface area (Å²) >= 11 is 0. The molecule has 2 N–H and O–H groups in total. The fraction of sp³-hybridized carbons (Fsp3) is 0.565. The topological polar surface area (TPSA) is 147 Å². The highest BCUT2D eigenvalue weighted by Crippen LogP contribution is 2.32. The number of esters is 3. The third-order valence-electron chi connectivity index (χ3n) is 4.79. The van der Waals surface area contributed by atoms with Crippen LogP contribution in [-0.2, 0) is 44.7 Å². The first-order chi connectivity index (χ1) is 16.1. The van der Waals surface area contributed by atoms with Crippen molar-refractivity contribution < 1.29 is 48.0 Å². The Balaban J connectivity index is 2.31. The number of amides is 1. The van der Waals surface area contributed by atoms with E-state index in [4.69, 9.17) is 23.7 Å². The van der Waals surface area contributed by atoms with Crippen LogP contribution in [0.25, 0.3) is 0 Å². The molecule has 0 aromatic heterocycles. The maximum Gasteiger partial charge on any atom is 0.303 e. The molecule has 1 aromatic carbocycles. The van der Waals surface area contributed by atoms with Gasteiger partial charge in [0.05, 0.1) is 18.7 Å². The molecule has 1 aliphatic rings. The minimum atomic E-state index is -1.03. The Kier molecular flexibility index (Phi) is 10.3. The van der Waals surface area contributed by atoms with Crippen LogP contribution >= 0.6 is 0 Å². The quantitative estimate of drug-likeness (QED) is 0.375. The Morgan fingerprint density at radius 2 is 1.79 bits per heavy atom. The van der Waals surface area contributed by atoms with Crippen LogP contribution in [0.2, 0.25) is 0 Å². The fourth-order valence-electron chi connectivity index (χ4n) is 3.43. The first kappa shape index (κ1) is 27.1. The van der Waals surface area contributed by atoms with Crippen LogP contribution < -0.4 is 10.1 Å². The Morgan fingerprint density at radius 1 is 1.09 bits per heavy atom. The predicted octanol–water partition coefficient (Wildman–Crippen LogP) is 1.84. The van der Waals surface area contributed by atoms with Gasteiger partial charge in [-0.15, -0.1) is 0 Å². The molecule has 0 aliphatic carbocycles. The van der Waals surface area contributed by atoms with Crippen molar-refractivity contribution in [1.82, 2.24) is 0 Å². The molecule has 11 heteroatoms. The number of anilines is 1. The first-order valence-corrected chi connectivity index (χ1v) is 11.0. The molecule has 1 saturated heterocycles. The number of hydrogen-bond donors (Lipinski definition) is 2. The van der Waals surface area contributed by atoms with Crippen LogP contribution in [0, 0.1) is 0 Å². The minimum Gasteiger partial charge on any atom is -0.463 e. The third-order valence-corrected chi connectivity index (χ3v) is 4.79. The number of aliphatic hydroxyl groups is 1. The van der Waals surface area contributed by atoms with Crippen molar-refractivity contribution in [3.63, 3.8) is 0 Å². The monoisotopic (exact) mass is 481 g/mol. The van der Waals surface area contributed by atoms with Crippen molar-refractivity contribution in [2.24, 2.45) is 0 Å². The summed E-state index contributed by atoms with van der Waals surface area (Å²) in [7, 11) is 0. The van der Waals surface area contributed by atoms with Gasteiger partial charge in [-0.3, -0.25) is 19.2 Å². The highest BCUT2D eigenvalue weighted by molar-refractivity contribution is 5.92. The minimum absolute atomic E-state index is 0.00179. The van der Waals surface area contributed by atoms with Gasteiger partial charge in [-0.2, -0.15) is 0 Å². The van der Waals surface area contributed by atoms with Gasteiger partial charge in [-0.05, 0) is 24.1 Å². The van der Waals surface area contributed by atoms with E-state index in [9.17, 15) is 24.3 Å². The Labute approximate surface area is 197 Å². The van der Waals surface area contributed by atoms with Gasteiger partial charge in [0.1, 0.15) is 24.6 Å². The molecule has 2 rings (SSSR count). The summed E-state index contributed by atoms with van der Waals surface area (Å²) < 4.78 is 27.6. The van der Waals surface area contributed by atoms with E-state index in [2.05, 4.69) is 5.32 Å². The lowest BCUT2D eigenvalue weighted by Crippen LogP contribution is -2.54. The van der Waals surface area contributed by atoms with E-state index in [1.54, 1.807) is 18.2 Å². The van der Waals surface area contributed by atoms with Gasteiger partial charge < -0.3 is 34.1 Å². The van der Waals surface area contributed by atoms with E-state index in [-0.39, 0.29) is 31.3 Å². The average Bonchev–Trinajstić information content (AvgIpc) is 2.74. The highest BCUT2D eigenvalue weighted by Gasteiger charge is 2.44. The lowest BCUT2D eigenvalue weighted by Gasteiger charge is -2.40. The van der Waals surface area contributed by atoms with Crippen LogP contribution in [0.4, 0.5) is 5.69 Å². The zero-order valence-corrected chi connectivity index (χ0v) is 19.7. The summed E-state index contributed by atoms with van der Waals surface area (Å²) in [6.07, 6.45) is -3.00. The van der Waals surface area contributed by atoms with Gasteiger partial charge in [-0.25, -0.2) is 0 Å². The Bertz CT molecular complexity index is 887. The van der Waals surface area contributed by atoms with Crippen LogP contribution in [0.3, 0.4) is 0 Å². The molecule has 11 nitrogen and oxygen atoms in total. The van der Waals surface area contributed by atoms with Crippen molar-refractivity contribution in [3.05, 3.63) is 23.8 Å². The molecule has 1 fully saturated rings. The van der Waals surface area contributed by atoms with Crippen LogP contribution in [0.5, 0.6) is 5.75 Å². The number of nitrogens with one attached hydrogen (secondary N) is 1. The van der Waals surface area contributed by atoms with Crippen LogP contribution in [0.1, 0.15) is 52.5 Å². The normalized spacial score (nSPS) is 21.8. The van der Waals surface area contributed by atoms with Gasteiger partial charge in [-0.1, -0.05) is 13.0 Å². The molecule has 4 atom stereocenters. The average molecular weight is 481 g/mol. The Hall–Kier alpha value is -3.18. The van der Waals surface area contributed by atoms with Crippen molar-refractivity contribution in [3.8, 4) is 5.75 Å². The van der Waals surface area contributed by atoms with Crippen molar-refractivity contribution in [2.75, 3.05) is 11.9 Å². The fourth-order valence-corrected chi connectivity index (χ4v) is 3.43. The van der Waals surface area contributed by atoms with Gasteiger partial charge in [0, 0.05) is 27.2 Å². The summed E-state index contributed by atoms with van der Waals surface area (Å²) in [4.78, 5) is 46.8. The smallest absolute Gasteiger partial charge is 0.303 e. The molecule has 0 saturated carbocycles. The van der Waals surface area contributed by atoms with Crippen LogP contribution in [0.15, 0.2) is 18.2 Å². The number of ether oxygens (including phenoxy) is 5. The number of rotatable bonds is 10. The molecule has 0 bridgehead atoms. The number of benzene rings is 1. The maximum atomic E-state index is 12.2. The second-order valence-corrected chi connectivity index (χ2v) is 7.77. The zero-order valence-electron chi connectivity index (χ0n) is 19.7. The number of hydrogen-bond acceptors (Lipinski definition) is 10. The molecule has 1 aliphatic heterocycles. The molecule has 4 unspecified atom stereocenters. The van der Waals surface area contributed by atoms with E-state index in [1.165, 1.54) is 20.8 Å². The summed E-state index contributed by atoms with van der Waals surface area (Å²) in [5.41, 5.74) is 0.889. The number of carbonyl (C=O) groups is 4. The van der Waals surface area contributed by atoms with Gasteiger partial charge >= 0.3 is 17.9 Å². The van der Waals surface area contributed by atoms with E-state index in [0.717, 1.165) is 0 Å². The van der Waals surface area contributed by atoms with Gasteiger partial charge in [0.25, 0.3) is 0 Å². The molecule has 34 heavy (non-hydrogen) atoms. The van der Waals surface area contributed by atoms with E-state index in [0.29, 0.717) is 24.1 Å². The zero-order chi connectivity index (χ0) is 25.3. The SMILES string of the molecule is CCCC(=O)Nc1cc(CO)ccc1OC1CC(OC(C)=O)C(OC(C)=O)C(COC(C)=O)O1. The standard InChI is InChI=1S/C23H31NO10/c1-5-6-21(29)24-17-9-16(11-25)7-8-18(17)33-22-10-19(31-14(3)27)23(32-15(4)28)20(34-22)12-30-13(2)26/h7-9,19-20,22-23,25H,5-6,10-12H2,1-4H3,(H,24,29). The molecular weight excluding hydrogens is 450 g/mol. The first-order valence-electron chi connectivity index (χ1n) is 11.0. The lowest BCUT2D eigenvalue weighted by molar-refractivity contribution is -0.245. The summed E-state index contributed by atoms with van der Waals surface area (Å²) in [5, 5.41) is 12.2. The molecular formula is C23H31NO10. The van der Waals surface area contributed by atoms with Crippen LogP contribution in [-0.4, -0.2) is 60.1 Å². The van der Waals surface area contributed by atoms with E-state index >= 15 is 0 Å². The summed E-state index contributed by atoms with van der Waals surface area (Å²) in [6.45, 7) is 5.00. The molecule has 188 valence electrons. The van der Waals surface area contributed by atoms with Crippen molar-refractivity contribution in [2.45, 2.75) is 78.2 Å². The molecule has 0 spiro atoms. The second-order valence-electron chi connectivity index (χ2n) is 7.77. The second kappa shape index (κ2) is 12.9. The molecule has 1 aromatic rings. The number of carbonyl (C=O) groups excluding carboxylic acids is 4. The van der Waals surface area contributed by atoms with Crippen molar-refractivity contribution >= 4 is 29.5 Å². The van der Waals surface area contributed by atoms with Gasteiger partial charge in [0.15, 0.2) is 6.10 Å². The summed E-state index contributed by atoms with van der Waals surface area (Å²) in [6, 6.07) is 4.76. The molecule has 0 radical (unpaired) electrons. The van der Waals surface area contributed by atoms with E-state index in [1.807, 2.05) is 6.92 Å². The largest absolute Gasteiger partial charge is 0.463 e. The molecule has 1 heterocycles. The number of aliphatic hydroxyl groups excluding tert-OH is 1. The lowest BCUT2D eigenvalue weighted by atomic mass is 10.0. The van der Waals surface area contributed by atoms with Gasteiger partial charge in [0.2, 0.25) is 12.2 Å². The maximum absolute atomic E-state index is 12.2. The Morgan fingerprint density at radius 3 is 2.38 bits per heavy atom. The third kappa shape index (κ3) is 8.31.